The summed E-state index contributed by atoms with van der Waals surface area (Å²) < 4.78 is 5.28. The first-order valence-electron chi connectivity index (χ1n) is 2.82. The van der Waals surface area contributed by atoms with E-state index in [1.54, 1.807) is 0 Å². The summed E-state index contributed by atoms with van der Waals surface area (Å²) in [7, 11) is 0. The van der Waals surface area contributed by atoms with Crippen molar-refractivity contribution in [2.75, 3.05) is 19.7 Å². The summed E-state index contributed by atoms with van der Waals surface area (Å²) >= 11 is 0. The van der Waals surface area contributed by atoms with E-state index < -0.39 is 0 Å². The summed E-state index contributed by atoms with van der Waals surface area (Å²) in [5.41, 5.74) is 0. The van der Waals surface area contributed by atoms with E-state index in [1.165, 1.54) is 19.5 Å². The van der Waals surface area contributed by atoms with Crippen molar-refractivity contribution in [1.29, 1.82) is 0 Å². The minimum atomic E-state index is 0.536. The maximum Gasteiger partial charge on any atom is 0.123 e. The van der Waals surface area contributed by atoms with Gasteiger partial charge in [0.15, 0.2) is 0 Å². The molecule has 2 atom stereocenters. The van der Waals surface area contributed by atoms with Crippen molar-refractivity contribution in [1.82, 2.24) is 4.90 Å². The number of hydrogen-bond donors (Lipinski definition) is 0. The fourth-order valence-corrected chi connectivity index (χ4v) is 1.03. The van der Waals surface area contributed by atoms with Gasteiger partial charge in [-0.2, -0.15) is 0 Å². The lowest BCUT2D eigenvalue weighted by Gasteiger charge is -2.09. The third-order valence-corrected chi connectivity index (χ3v) is 1.56. The molecule has 0 bridgehead atoms. The van der Waals surface area contributed by atoms with Crippen molar-refractivity contribution >= 4 is 0 Å². The first-order chi connectivity index (χ1) is 3.47. The first-order valence-corrected chi connectivity index (χ1v) is 2.82. The number of nitrogens with zero attached hydrogens (tertiary/aromatic N) is 1. The second kappa shape index (κ2) is 1.20. The molecule has 2 rings (SSSR count). The Kier molecular flexibility index (Phi) is 0.664. The summed E-state index contributed by atoms with van der Waals surface area (Å²) in [4.78, 5) is 2.34. The zero-order valence-electron chi connectivity index (χ0n) is 4.26. The summed E-state index contributed by atoms with van der Waals surface area (Å²) in [6, 6.07) is 0. The van der Waals surface area contributed by atoms with Crippen LogP contribution in [0.15, 0.2) is 0 Å². The molecule has 0 aromatic rings. The van der Waals surface area contributed by atoms with Crippen LogP contribution in [0.2, 0.25) is 0 Å². The van der Waals surface area contributed by atoms with Gasteiger partial charge in [-0.05, 0) is 6.42 Å². The molecule has 1 unspecified atom stereocenters. The SMILES string of the molecule is C1CO[C@H]2CN2C1. The number of rotatable bonds is 0. The van der Waals surface area contributed by atoms with Gasteiger partial charge >= 0.3 is 0 Å². The predicted octanol–water partition coefficient (Wildman–Crippen LogP) is 0.0484. The van der Waals surface area contributed by atoms with Gasteiger partial charge in [0.2, 0.25) is 0 Å². The van der Waals surface area contributed by atoms with Gasteiger partial charge < -0.3 is 4.74 Å². The van der Waals surface area contributed by atoms with Crippen molar-refractivity contribution in [3.05, 3.63) is 0 Å². The van der Waals surface area contributed by atoms with E-state index >= 15 is 0 Å². The molecule has 2 heteroatoms. The van der Waals surface area contributed by atoms with E-state index in [9.17, 15) is 0 Å². The van der Waals surface area contributed by atoms with Crippen molar-refractivity contribution in [3.63, 3.8) is 0 Å². The van der Waals surface area contributed by atoms with Gasteiger partial charge in [0.05, 0.1) is 0 Å². The van der Waals surface area contributed by atoms with E-state index in [4.69, 9.17) is 4.74 Å². The van der Waals surface area contributed by atoms with Crippen LogP contribution in [0.1, 0.15) is 6.42 Å². The highest BCUT2D eigenvalue weighted by Crippen LogP contribution is 2.22. The van der Waals surface area contributed by atoms with Crippen LogP contribution in [0.3, 0.4) is 0 Å². The first kappa shape index (κ1) is 3.87. The molecule has 0 radical (unpaired) electrons. The van der Waals surface area contributed by atoms with Gasteiger partial charge in [-0.25, -0.2) is 0 Å². The fraction of sp³-hybridized carbons (Fsp3) is 1.00. The smallest absolute Gasteiger partial charge is 0.123 e. The number of hydrogen-bond acceptors (Lipinski definition) is 2. The molecule has 0 N–H and O–H groups in total. The Labute approximate surface area is 43.1 Å². The topological polar surface area (TPSA) is 12.2 Å². The minimum Gasteiger partial charge on any atom is -0.362 e. The third kappa shape index (κ3) is 0.545. The van der Waals surface area contributed by atoms with Crippen molar-refractivity contribution in [3.8, 4) is 0 Å². The molecule has 0 amide bonds. The molecule has 2 aliphatic heterocycles. The molecule has 0 spiro atoms. The molecule has 2 fully saturated rings. The largest absolute Gasteiger partial charge is 0.362 e. The highest BCUT2D eigenvalue weighted by molar-refractivity contribution is 4.83. The Hall–Kier alpha value is -0.0800. The molecule has 2 heterocycles. The average Bonchev–Trinajstić information content (AvgIpc) is 2.41. The van der Waals surface area contributed by atoms with Crippen LogP contribution in [0, 0.1) is 0 Å². The second-order valence-corrected chi connectivity index (χ2v) is 2.17. The zero-order chi connectivity index (χ0) is 4.69. The molecule has 2 aliphatic rings. The number of ether oxygens (including phenoxy) is 1. The Morgan fingerprint density at radius 3 is 3.14 bits per heavy atom. The maximum atomic E-state index is 5.28. The third-order valence-electron chi connectivity index (χ3n) is 1.56. The molecule has 7 heavy (non-hydrogen) atoms. The van der Waals surface area contributed by atoms with Crippen LogP contribution >= 0.6 is 0 Å². The lowest BCUT2D eigenvalue weighted by molar-refractivity contribution is 0.0491. The Balaban J connectivity index is 1.95. The monoisotopic (exact) mass is 99.1 g/mol. The molecule has 0 saturated carbocycles. The van der Waals surface area contributed by atoms with Crippen LogP contribution < -0.4 is 0 Å². The van der Waals surface area contributed by atoms with Gasteiger partial charge in [0.1, 0.15) is 6.23 Å². The Morgan fingerprint density at radius 1 is 1.57 bits per heavy atom. The molecule has 2 saturated heterocycles. The molecule has 0 aromatic carbocycles. The zero-order valence-corrected chi connectivity index (χ0v) is 4.26. The Morgan fingerprint density at radius 2 is 2.57 bits per heavy atom. The van der Waals surface area contributed by atoms with Crippen LogP contribution in [-0.4, -0.2) is 30.8 Å². The van der Waals surface area contributed by atoms with Crippen LogP contribution in [-0.2, 0) is 4.74 Å². The molecule has 40 valence electrons. The summed E-state index contributed by atoms with van der Waals surface area (Å²) in [6.45, 7) is 3.45. The molecule has 0 aliphatic carbocycles. The molecule has 2 nitrogen and oxygen atoms in total. The van der Waals surface area contributed by atoms with Gasteiger partial charge in [0, 0.05) is 19.7 Å². The molecule has 0 aromatic heterocycles. The van der Waals surface area contributed by atoms with Crippen LogP contribution in [0.25, 0.3) is 0 Å². The van der Waals surface area contributed by atoms with E-state index in [0.717, 1.165) is 6.61 Å². The summed E-state index contributed by atoms with van der Waals surface area (Å²) in [5.74, 6) is 0. The van der Waals surface area contributed by atoms with E-state index in [0.29, 0.717) is 6.23 Å². The van der Waals surface area contributed by atoms with E-state index in [1.807, 2.05) is 0 Å². The molecular weight excluding hydrogens is 90.1 g/mol. The second-order valence-electron chi connectivity index (χ2n) is 2.17. The number of fused-ring (bicyclic) bond motifs is 1. The van der Waals surface area contributed by atoms with Crippen LogP contribution in [0.4, 0.5) is 0 Å². The molecular formula is C5H9NO. The summed E-state index contributed by atoms with van der Waals surface area (Å²) in [6.07, 6.45) is 1.77. The predicted molar refractivity (Wildman–Crippen MR) is 25.9 cm³/mol. The van der Waals surface area contributed by atoms with Gasteiger partial charge in [0.25, 0.3) is 0 Å². The van der Waals surface area contributed by atoms with Gasteiger partial charge in [-0.3, -0.25) is 4.90 Å². The quantitative estimate of drug-likeness (QED) is 0.398. The summed E-state index contributed by atoms with van der Waals surface area (Å²) in [5, 5.41) is 0. The lowest BCUT2D eigenvalue weighted by Crippen LogP contribution is -2.15. The van der Waals surface area contributed by atoms with Crippen molar-refractivity contribution < 1.29 is 4.74 Å². The normalized spacial score (nSPS) is 48.0. The highest BCUT2D eigenvalue weighted by Gasteiger charge is 2.36. The minimum absolute atomic E-state index is 0.536. The van der Waals surface area contributed by atoms with Crippen molar-refractivity contribution in [2.45, 2.75) is 12.6 Å². The fourth-order valence-electron chi connectivity index (χ4n) is 1.03. The van der Waals surface area contributed by atoms with E-state index in [-0.39, 0.29) is 0 Å². The highest BCUT2D eigenvalue weighted by atomic mass is 16.5. The standard InChI is InChI=1S/C5H9NO/c1-2-6-4-5(6)7-3-1/h5H,1-4H2/t5-,6?/m0/s1. The van der Waals surface area contributed by atoms with Crippen molar-refractivity contribution in [2.24, 2.45) is 0 Å². The van der Waals surface area contributed by atoms with Gasteiger partial charge in [-0.1, -0.05) is 0 Å². The average molecular weight is 99.1 g/mol. The lowest BCUT2D eigenvalue weighted by atomic mass is 10.4. The van der Waals surface area contributed by atoms with Gasteiger partial charge in [-0.15, -0.1) is 0 Å². The maximum absolute atomic E-state index is 5.28. The Bertz CT molecular complexity index is 74.1. The van der Waals surface area contributed by atoms with Crippen LogP contribution in [0.5, 0.6) is 0 Å². The van der Waals surface area contributed by atoms with E-state index in [2.05, 4.69) is 4.90 Å².